The van der Waals surface area contributed by atoms with Gasteiger partial charge in [-0.05, 0) is 55.8 Å². The Balaban J connectivity index is 1.52. The standard InChI is InChI=1S/C25H32N6O3/c1-30(25(32)15-21-14-19-7-2-3-10-23(19)34-21)22(16-31-11-4-5-12-31)18-8-6-9-20(13-18)33-17-24(26)28-29-27/h2-3,6-10,13-14,22,29H,4-5,11-12,15-17,27H2,1H3,(H2,26,28)/t22-/m1/s1. The molecule has 0 bridgehead atoms. The van der Waals surface area contributed by atoms with Gasteiger partial charge in [-0.2, -0.15) is 0 Å². The van der Waals surface area contributed by atoms with Gasteiger partial charge in [-0.1, -0.05) is 30.3 Å². The van der Waals surface area contributed by atoms with Crippen molar-refractivity contribution in [1.82, 2.24) is 15.3 Å². The minimum Gasteiger partial charge on any atom is -0.486 e. The lowest BCUT2D eigenvalue weighted by molar-refractivity contribution is -0.132. The van der Waals surface area contributed by atoms with Crippen molar-refractivity contribution < 1.29 is 13.9 Å². The van der Waals surface area contributed by atoms with Crippen molar-refractivity contribution in [2.45, 2.75) is 25.3 Å². The average Bonchev–Trinajstić information content (AvgIpc) is 3.50. The van der Waals surface area contributed by atoms with Gasteiger partial charge < -0.3 is 24.7 Å². The Morgan fingerprint density at radius 3 is 2.76 bits per heavy atom. The maximum Gasteiger partial charge on any atom is 0.230 e. The molecule has 1 atom stereocenters. The van der Waals surface area contributed by atoms with Crippen molar-refractivity contribution in [3.05, 3.63) is 65.9 Å². The zero-order valence-corrected chi connectivity index (χ0v) is 19.4. The third kappa shape index (κ3) is 5.86. The van der Waals surface area contributed by atoms with E-state index in [9.17, 15) is 4.79 Å². The largest absolute Gasteiger partial charge is 0.486 e. The van der Waals surface area contributed by atoms with Gasteiger partial charge in [0.05, 0.1) is 12.5 Å². The highest BCUT2D eigenvalue weighted by Gasteiger charge is 2.26. The Morgan fingerprint density at radius 1 is 1.21 bits per heavy atom. The molecule has 9 nitrogen and oxygen atoms in total. The topological polar surface area (TPSA) is 122 Å². The number of carbonyl (C=O) groups excluding carboxylic acids is 1. The van der Waals surface area contributed by atoms with E-state index in [1.54, 1.807) is 0 Å². The number of hydrazine groups is 1. The van der Waals surface area contributed by atoms with Gasteiger partial charge in [-0.25, -0.2) is 11.4 Å². The van der Waals surface area contributed by atoms with Crippen LogP contribution < -0.4 is 21.8 Å². The molecule has 3 aromatic rings. The van der Waals surface area contributed by atoms with Crippen LogP contribution in [0.1, 0.15) is 30.2 Å². The number of hydrogen-bond donors (Lipinski definition) is 3. The average molecular weight is 465 g/mol. The van der Waals surface area contributed by atoms with Crippen molar-refractivity contribution in [1.29, 1.82) is 0 Å². The number of amidine groups is 1. The first kappa shape index (κ1) is 23.6. The van der Waals surface area contributed by atoms with E-state index >= 15 is 0 Å². The number of likely N-dealkylation sites (N-methyl/N-ethyl adjacent to an activating group) is 1. The summed E-state index contributed by atoms with van der Waals surface area (Å²) in [6, 6.07) is 17.4. The number of hydrazone groups is 1. The summed E-state index contributed by atoms with van der Waals surface area (Å²) in [5.41, 5.74) is 9.69. The number of rotatable bonds is 10. The van der Waals surface area contributed by atoms with Gasteiger partial charge in [0, 0.05) is 19.0 Å². The lowest BCUT2D eigenvalue weighted by Gasteiger charge is -2.32. The van der Waals surface area contributed by atoms with Gasteiger partial charge >= 0.3 is 0 Å². The van der Waals surface area contributed by atoms with Crippen molar-refractivity contribution in [3.63, 3.8) is 0 Å². The number of ether oxygens (including phenoxy) is 1. The zero-order valence-electron chi connectivity index (χ0n) is 19.4. The SMILES string of the molecule is CN(C(=O)Cc1cc2ccccc2o1)[C@H](CN1CCCC1)c1cccc(OC/C(N)=N/NN)c1. The molecular formula is C25H32N6O3. The number of fused-ring (bicyclic) bond motifs is 1. The number of benzene rings is 2. The summed E-state index contributed by atoms with van der Waals surface area (Å²) >= 11 is 0. The number of amides is 1. The summed E-state index contributed by atoms with van der Waals surface area (Å²) < 4.78 is 11.7. The molecule has 4 rings (SSSR count). The molecule has 0 spiro atoms. The second-order valence-electron chi connectivity index (χ2n) is 8.55. The van der Waals surface area contributed by atoms with Crippen LogP contribution in [-0.2, 0) is 11.2 Å². The van der Waals surface area contributed by atoms with Crippen LogP contribution in [0.4, 0.5) is 0 Å². The van der Waals surface area contributed by atoms with Crippen LogP contribution in [-0.4, -0.2) is 54.8 Å². The maximum absolute atomic E-state index is 13.3. The van der Waals surface area contributed by atoms with Crippen LogP contribution in [0, 0.1) is 0 Å². The molecule has 2 aromatic carbocycles. The summed E-state index contributed by atoms with van der Waals surface area (Å²) in [4.78, 5) is 17.5. The van der Waals surface area contributed by atoms with E-state index in [0.717, 1.165) is 36.2 Å². The van der Waals surface area contributed by atoms with E-state index < -0.39 is 0 Å². The van der Waals surface area contributed by atoms with Crippen LogP contribution in [0.3, 0.4) is 0 Å². The first-order valence-corrected chi connectivity index (χ1v) is 11.5. The summed E-state index contributed by atoms with van der Waals surface area (Å²) in [7, 11) is 1.86. The molecule has 1 aliphatic heterocycles. The number of likely N-dealkylation sites (tertiary alicyclic amines) is 1. The van der Waals surface area contributed by atoms with Gasteiger partial charge in [0.1, 0.15) is 23.7 Å². The molecule has 1 amide bonds. The smallest absolute Gasteiger partial charge is 0.230 e. The zero-order chi connectivity index (χ0) is 23.9. The first-order valence-electron chi connectivity index (χ1n) is 11.5. The fraction of sp³-hybridized carbons (Fsp3) is 0.360. The van der Waals surface area contributed by atoms with Crippen LogP contribution in [0.25, 0.3) is 11.0 Å². The van der Waals surface area contributed by atoms with Gasteiger partial charge in [0.25, 0.3) is 0 Å². The van der Waals surface area contributed by atoms with Gasteiger partial charge in [-0.3, -0.25) is 4.79 Å². The van der Waals surface area contributed by atoms with Crippen molar-refractivity contribution >= 4 is 22.7 Å². The fourth-order valence-corrected chi connectivity index (χ4v) is 4.32. The Hall–Kier alpha value is -3.56. The monoisotopic (exact) mass is 464 g/mol. The highest BCUT2D eigenvalue weighted by atomic mass is 16.5. The number of nitrogens with one attached hydrogen (secondary N) is 1. The minimum atomic E-state index is -0.129. The van der Waals surface area contributed by atoms with Crippen LogP contribution in [0.5, 0.6) is 5.75 Å². The van der Waals surface area contributed by atoms with E-state index in [1.165, 1.54) is 12.8 Å². The van der Waals surface area contributed by atoms with E-state index in [-0.39, 0.29) is 30.8 Å². The van der Waals surface area contributed by atoms with Crippen LogP contribution >= 0.6 is 0 Å². The van der Waals surface area contributed by atoms with E-state index in [0.29, 0.717) is 11.5 Å². The molecule has 1 saturated heterocycles. The molecular weight excluding hydrogens is 432 g/mol. The van der Waals surface area contributed by atoms with Crippen molar-refractivity contribution in [3.8, 4) is 5.75 Å². The van der Waals surface area contributed by atoms with Crippen molar-refractivity contribution in [2.75, 3.05) is 33.3 Å². The van der Waals surface area contributed by atoms with E-state index in [4.69, 9.17) is 20.7 Å². The van der Waals surface area contributed by atoms with E-state index in [2.05, 4.69) is 15.5 Å². The first-order chi connectivity index (χ1) is 16.5. The molecule has 5 N–H and O–H groups in total. The summed E-state index contributed by atoms with van der Waals surface area (Å²) in [6.07, 6.45) is 2.57. The molecule has 0 aliphatic carbocycles. The number of carbonyl (C=O) groups is 1. The number of furan rings is 1. The predicted molar refractivity (Wildman–Crippen MR) is 132 cm³/mol. The molecule has 0 saturated carbocycles. The Bertz CT molecular complexity index is 1110. The lowest BCUT2D eigenvalue weighted by Crippen LogP contribution is -2.39. The second kappa shape index (κ2) is 11.0. The predicted octanol–water partition coefficient (Wildman–Crippen LogP) is 2.39. The summed E-state index contributed by atoms with van der Waals surface area (Å²) in [5, 5.41) is 4.70. The minimum absolute atomic E-state index is 0.0000255. The molecule has 34 heavy (non-hydrogen) atoms. The highest BCUT2D eigenvalue weighted by Crippen LogP contribution is 2.27. The molecule has 1 fully saturated rings. The lowest BCUT2D eigenvalue weighted by atomic mass is 10.0. The van der Waals surface area contributed by atoms with Gasteiger partial charge in [0.2, 0.25) is 5.91 Å². The van der Waals surface area contributed by atoms with Crippen LogP contribution in [0.15, 0.2) is 64.1 Å². The summed E-state index contributed by atoms with van der Waals surface area (Å²) in [5.74, 6) is 6.71. The normalized spacial score (nSPS) is 15.4. The Labute approximate surface area is 199 Å². The maximum atomic E-state index is 13.3. The number of nitrogens with zero attached hydrogens (tertiary/aromatic N) is 3. The molecule has 0 unspecified atom stereocenters. The Morgan fingerprint density at radius 2 is 2.00 bits per heavy atom. The number of para-hydroxylation sites is 1. The summed E-state index contributed by atoms with van der Waals surface area (Å²) in [6.45, 7) is 2.94. The third-order valence-corrected chi connectivity index (χ3v) is 6.13. The van der Waals surface area contributed by atoms with Crippen molar-refractivity contribution in [2.24, 2.45) is 16.7 Å². The van der Waals surface area contributed by atoms with E-state index in [1.807, 2.05) is 66.5 Å². The molecule has 0 radical (unpaired) electrons. The van der Waals surface area contributed by atoms with Crippen LogP contribution in [0.2, 0.25) is 0 Å². The third-order valence-electron chi connectivity index (χ3n) is 6.13. The quantitative estimate of drug-likeness (QED) is 0.182. The molecule has 1 aliphatic rings. The highest BCUT2D eigenvalue weighted by molar-refractivity contribution is 5.82. The van der Waals surface area contributed by atoms with Gasteiger partial charge in [0.15, 0.2) is 5.84 Å². The number of nitrogens with two attached hydrogens (primary N) is 2. The molecule has 1 aromatic heterocycles. The number of hydrogen-bond acceptors (Lipinski definition) is 7. The van der Waals surface area contributed by atoms with Gasteiger partial charge in [-0.15, -0.1) is 5.10 Å². The molecule has 2 heterocycles. The second-order valence-corrected chi connectivity index (χ2v) is 8.55. The Kier molecular flexibility index (Phi) is 7.66. The fourth-order valence-electron chi connectivity index (χ4n) is 4.32. The molecule has 9 heteroatoms. The molecule has 180 valence electrons.